The Morgan fingerprint density at radius 1 is 1.17 bits per heavy atom. The predicted molar refractivity (Wildman–Crippen MR) is 154 cm³/mol. The molecule has 0 bridgehead atoms. The molecule has 1 aliphatic heterocycles. The van der Waals surface area contributed by atoms with Gasteiger partial charge in [-0.2, -0.15) is 0 Å². The van der Waals surface area contributed by atoms with Crippen molar-refractivity contribution < 1.29 is 28.8 Å². The predicted octanol–water partition coefficient (Wildman–Crippen LogP) is 3.86. The fraction of sp³-hybridized carbons (Fsp3) is 0.400. The molecule has 0 spiro atoms. The number of benzene rings is 2. The van der Waals surface area contributed by atoms with E-state index in [2.05, 4.69) is 15.8 Å². The van der Waals surface area contributed by atoms with Gasteiger partial charge in [-0.1, -0.05) is 42.4 Å². The normalized spacial score (nSPS) is 17.5. The van der Waals surface area contributed by atoms with E-state index >= 15 is 0 Å². The highest BCUT2D eigenvalue weighted by Gasteiger charge is 2.34. The van der Waals surface area contributed by atoms with Crippen molar-refractivity contribution in [2.45, 2.75) is 46.3 Å². The van der Waals surface area contributed by atoms with Gasteiger partial charge in [0.15, 0.2) is 5.76 Å². The van der Waals surface area contributed by atoms with Crippen LogP contribution in [0, 0.1) is 19.8 Å². The van der Waals surface area contributed by atoms with Crippen molar-refractivity contribution in [3.05, 3.63) is 71.1 Å². The summed E-state index contributed by atoms with van der Waals surface area (Å²) in [7, 11) is 1.66. The number of aliphatic hydroxyl groups is 1. The number of likely N-dealkylation sites (N-methyl/N-ethyl adjacent to an activating group) is 1. The maximum Gasteiger partial charge on any atom is 0.321 e. The van der Waals surface area contributed by atoms with Crippen molar-refractivity contribution >= 4 is 29.2 Å². The lowest BCUT2D eigenvalue weighted by Gasteiger charge is -2.38. The summed E-state index contributed by atoms with van der Waals surface area (Å²) in [6.45, 7) is 7.49. The first-order chi connectivity index (χ1) is 19.6. The number of aryl methyl sites for hydroxylation is 2. The number of carbonyl (C=O) groups is 3. The smallest absolute Gasteiger partial charge is 0.321 e. The molecule has 0 fully saturated rings. The molecule has 0 radical (unpaired) electrons. The fourth-order valence-electron chi connectivity index (χ4n) is 4.72. The maximum atomic E-state index is 13.7. The topological polar surface area (TPSA) is 137 Å². The standard InChI is InChI=1S/C30H37N5O6/c1-18-15-35(19(2)17-36)29(38)24-14-23(31-27(37)13-22-9-7-6-8-10-22)11-12-25(24)40-26(18)16-34(5)30(39)32-28-20(3)33-41-21(28)4/h6-12,14,18-19,26,36H,13,15-17H2,1-5H3,(H,31,37)(H,32,39)/t18-,19-,26-/m0/s1. The number of ether oxygens (including phenoxy) is 1. The van der Waals surface area contributed by atoms with Crippen molar-refractivity contribution in [3.63, 3.8) is 0 Å². The third-order valence-corrected chi connectivity index (χ3v) is 7.22. The van der Waals surface area contributed by atoms with Crippen molar-refractivity contribution in [1.82, 2.24) is 15.0 Å². The Hall–Kier alpha value is -4.38. The first-order valence-corrected chi connectivity index (χ1v) is 13.6. The molecule has 218 valence electrons. The lowest BCUT2D eigenvalue weighted by molar-refractivity contribution is -0.115. The molecule has 11 heteroatoms. The van der Waals surface area contributed by atoms with Crippen LogP contribution in [0.25, 0.3) is 0 Å². The molecule has 2 aromatic carbocycles. The van der Waals surface area contributed by atoms with Crippen LogP contribution in [0.3, 0.4) is 0 Å². The number of rotatable bonds is 8. The zero-order valence-electron chi connectivity index (χ0n) is 24.0. The fourth-order valence-corrected chi connectivity index (χ4v) is 4.72. The molecule has 0 aliphatic carbocycles. The highest BCUT2D eigenvalue weighted by Crippen LogP contribution is 2.31. The summed E-state index contributed by atoms with van der Waals surface area (Å²) in [5.41, 5.74) is 2.70. The van der Waals surface area contributed by atoms with Gasteiger partial charge in [0.2, 0.25) is 5.91 Å². The Balaban J connectivity index is 1.56. The van der Waals surface area contributed by atoms with Gasteiger partial charge in [-0.05, 0) is 44.5 Å². The molecule has 2 heterocycles. The van der Waals surface area contributed by atoms with Gasteiger partial charge in [0.1, 0.15) is 23.2 Å². The molecule has 4 rings (SSSR count). The first kappa shape index (κ1) is 29.6. The summed E-state index contributed by atoms with van der Waals surface area (Å²) in [5.74, 6) is 0.138. The van der Waals surface area contributed by atoms with Crippen LogP contribution in [-0.4, -0.2) is 76.8 Å². The molecule has 3 aromatic rings. The second-order valence-electron chi connectivity index (χ2n) is 10.6. The van der Waals surface area contributed by atoms with Gasteiger partial charge >= 0.3 is 6.03 Å². The number of fused-ring (bicyclic) bond motifs is 1. The van der Waals surface area contributed by atoms with E-state index in [0.29, 0.717) is 35.1 Å². The van der Waals surface area contributed by atoms with Crippen LogP contribution < -0.4 is 15.4 Å². The molecule has 0 unspecified atom stereocenters. The quantitative estimate of drug-likeness (QED) is 0.379. The van der Waals surface area contributed by atoms with Crippen molar-refractivity contribution in [1.29, 1.82) is 0 Å². The molecule has 4 amide bonds. The summed E-state index contributed by atoms with van der Waals surface area (Å²) in [4.78, 5) is 42.5. The minimum atomic E-state index is -0.478. The summed E-state index contributed by atoms with van der Waals surface area (Å²) in [5, 5.41) is 19.5. The average Bonchev–Trinajstić information content (AvgIpc) is 3.27. The Bertz CT molecular complexity index is 1370. The van der Waals surface area contributed by atoms with Gasteiger partial charge in [0.05, 0.1) is 31.2 Å². The minimum Gasteiger partial charge on any atom is -0.487 e. The Morgan fingerprint density at radius 2 is 1.90 bits per heavy atom. The summed E-state index contributed by atoms with van der Waals surface area (Å²) in [6.07, 6.45) is -0.285. The Morgan fingerprint density at radius 3 is 2.56 bits per heavy atom. The zero-order chi connectivity index (χ0) is 29.7. The van der Waals surface area contributed by atoms with Crippen LogP contribution >= 0.6 is 0 Å². The molecule has 41 heavy (non-hydrogen) atoms. The van der Waals surface area contributed by atoms with E-state index in [1.54, 1.807) is 50.9 Å². The third-order valence-electron chi connectivity index (χ3n) is 7.22. The number of hydrogen-bond donors (Lipinski definition) is 3. The number of nitrogens with one attached hydrogen (secondary N) is 2. The van der Waals surface area contributed by atoms with Crippen molar-refractivity contribution in [3.8, 4) is 5.75 Å². The van der Waals surface area contributed by atoms with Crippen molar-refractivity contribution in [2.75, 3.05) is 37.4 Å². The van der Waals surface area contributed by atoms with Crippen LogP contribution in [0.4, 0.5) is 16.2 Å². The van der Waals surface area contributed by atoms with Gasteiger partial charge in [-0.25, -0.2) is 4.79 Å². The number of amides is 4. The number of anilines is 2. The highest BCUT2D eigenvalue weighted by molar-refractivity contribution is 6.00. The third kappa shape index (κ3) is 7.04. The largest absolute Gasteiger partial charge is 0.487 e. The molecular formula is C30H37N5O6. The summed E-state index contributed by atoms with van der Waals surface area (Å²) < 4.78 is 11.5. The van der Waals surface area contributed by atoms with Crippen LogP contribution in [0.1, 0.15) is 41.2 Å². The second kappa shape index (κ2) is 12.9. The van der Waals surface area contributed by atoms with E-state index in [1.165, 1.54) is 4.90 Å². The van der Waals surface area contributed by atoms with E-state index in [-0.39, 0.29) is 48.9 Å². The van der Waals surface area contributed by atoms with E-state index in [0.717, 1.165) is 5.56 Å². The molecule has 1 aliphatic rings. The average molecular weight is 564 g/mol. The number of hydrogen-bond acceptors (Lipinski definition) is 7. The second-order valence-corrected chi connectivity index (χ2v) is 10.6. The number of aromatic nitrogens is 1. The van der Waals surface area contributed by atoms with Crippen molar-refractivity contribution in [2.24, 2.45) is 5.92 Å². The number of carbonyl (C=O) groups excluding carboxylic acids is 3. The number of urea groups is 1. The molecule has 0 saturated heterocycles. The van der Waals surface area contributed by atoms with Gasteiger partial charge in [-0.3, -0.25) is 9.59 Å². The minimum absolute atomic E-state index is 0.180. The maximum absolute atomic E-state index is 13.7. The first-order valence-electron chi connectivity index (χ1n) is 13.6. The molecule has 11 nitrogen and oxygen atoms in total. The zero-order valence-corrected chi connectivity index (χ0v) is 24.0. The molecular weight excluding hydrogens is 526 g/mol. The molecule has 0 saturated carbocycles. The van der Waals surface area contributed by atoms with E-state index < -0.39 is 12.1 Å². The van der Waals surface area contributed by atoms with Crippen LogP contribution in [0.15, 0.2) is 53.1 Å². The Kier molecular flexibility index (Phi) is 9.28. The van der Waals surface area contributed by atoms with Crippen LogP contribution in [-0.2, 0) is 11.2 Å². The number of aliphatic hydroxyl groups excluding tert-OH is 1. The lowest BCUT2D eigenvalue weighted by atomic mass is 9.99. The van der Waals surface area contributed by atoms with Crippen LogP contribution in [0.5, 0.6) is 5.75 Å². The summed E-state index contributed by atoms with van der Waals surface area (Å²) >= 11 is 0. The molecule has 1 aromatic heterocycles. The number of nitrogens with zero attached hydrogens (tertiary/aromatic N) is 3. The van der Waals surface area contributed by atoms with Gasteiger partial charge in [0, 0.05) is 25.2 Å². The van der Waals surface area contributed by atoms with E-state index in [4.69, 9.17) is 9.26 Å². The Labute approximate surface area is 239 Å². The highest BCUT2D eigenvalue weighted by atomic mass is 16.5. The van der Waals surface area contributed by atoms with E-state index in [9.17, 15) is 19.5 Å². The lowest BCUT2D eigenvalue weighted by Crippen LogP contribution is -2.50. The monoisotopic (exact) mass is 563 g/mol. The van der Waals surface area contributed by atoms with Crippen LogP contribution in [0.2, 0.25) is 0 Å². The SMILES string of the molecule is Cc1noc(C)c1NC(=O)N(C)C[C@@H]1Oc2ccc(NC(=O)Cc3ccccc3)cc2C(=O)N([C@@H](C)CO)C[C@@H]1C. The molecule has 3 N–H and O–H groups in total. The van der Waals surface area contributed by atoms with Gasteiger partial charge in [-0.15, -0.1) is 0 Å². The van der Waals surface area contributed by atoms with Gasteiger partial charge in [0.25, 0.3) is 5.91 Å². The molecule has 3 atom stereocenters. The van der Waals surface area contributed by atoms with Gasteiger partial charge < -0.3 is 34.8 Å². The summed E-state index contributed by atoms with van der Waals surface area (Å²) in [6, 6.07) is 13.5. The van der Waals surface area contributed by atoms with E-state index in [1.807, 2.05) is 37.3 Å².